The highest BCUT2D eigenvalue weighted by atomic mass is 32.2. The van der Waals surface area contributed by atoms with Crippen LogP contribution in [0.5, 0.6) is 0 Å². The zero-order valence-electron chi connectivity index (χ0n) is 17.0. The first-order valence-electron chi connectivity index (χ1n) is 9.36. The van der Waals surface area contributed by atoms with E-state index in [1.807, 2.05) is 37.3 Å². The first-order chi connectivity index (χ1) is 13.6. The van der Waals surface area contributed by atoms with E-state index in [2.05, 4.69) is 5.32 Å². The quantitative estimate of drug-likeness (QED) is 0.645. The highest BCUT2D eigenvalue weighted by Crippen LogP contribution is 2.32. The molecule has 0 radical (unpaired) electrons. The molecule has 0 spiro atoms. The number of alkyl carbamates (subject to hydrolysis) is 1. The summed E-state index contributed by atoms with van der Waals surface area (Å²) in [5.74, 6) is 0. The van der Waals surface area contributed by atoms with Crippen molar-refractivity contribution in [1.82, 2.24) is 5.32 Å². The molecule has 1 unspecified atom stereocenters. The van der Waals surface area contributed by atoms with E-state index < -0.39 is 26.9 Å². The number of hydrogen-bond donors (Lipinski definition) is 1. The number of amides is 1. The summed E-state index contributed by atoms with van der Waals surface area (Å²) in [6.45, 7) is 7.08. The highest BCUT2D eigenvalue weighted by molar-refractivity contribution is 7.91. The molecule has 3 rings (SSSR count). The zero-order chi connectivity index (χ0) is 21.2. The maximum absolute atomic E-state index is 13.5. The van der Waals surface area contributed by atoms with Gasteiger partial charge in [0.05, 0.1) is 4.90 Å². The van der Waals surface area contributed by atoms with E-state index in [0.717, 1.165) is 16.3 Å². The second kappa shape index (κ2) is 7.87. The number of aryl methyl sites for hydroxylation is 1. The Morgan fingerprint density at radius 1 is 0.931 bits per heavy atom. The predicted octanol–water partition coefficient (Wildman–Crippen LogP) is 5.15. The van der Waals surface area contributed by atoms with Crippen molar-refractivity contribution in [1.29, 1.82) is 0 Å². The lowest BCUT2D eigenvalue weighted by Gasteiger charge is -2.25. The number of hydrogen-bond acceptors (Lipinski definition) is 4. The molecule has 1 amide bonds. The van der Waals surface area contributed by atoms with Gasteiger partial charge in [0.1, 0.15) is 5.60 Å². The zero-order valence-corrected chi connectivity index (χ0v) is 17.8. The molecule has 0 saturated carbocycles. The van der Waals surface area contributed by atoms with E-state index >= 15 is 0 Å². The molecule has 3 aromatic carbocycles. The molecule has 0 fully saturated rings. The van der Waals surface area contributed by atoms with Gasteiger partial charge in [-0.1, -0.05) is 60.2 Å². The van der Waals surface area contributed by atoms with Crippen molar-refractivity contribution in [2.45, 2.75) is 43.6 Å². The standard InChI is InChI=1S/C23H25NO4S/c1-16-12-14-18(15-13-16)29(26,27)21(24-22(25)28-23(2,3)4)20-11-7-9-17-8-5-6-10-19(17)20/h5-15,21H,1-4H3,(H,24,25). The van der Waals surface area contributed by atoms with Gasteiger partial charge in [0, 0.05) is 0 Å². The van der Waals surface area contributed by atoms with Crippen LogP contribution in [0, 0.1) is 6.92 Å². The van der Waals surface area contributed by atoms with Gasteiger partial charge < -0.3 is 10.1 Å². The van der Waals surface area contributed by atoms with Crippen LogP contribution < -0.4 is 5.32 Å². The number of rotatable bonds is 4. The Labute approximate surface area is 171 Å². The second-order valence-corrected chi connectivity index (χ2v) is 9.99. The Morgan fingerprint density at radius 2 is 1.55 bits per heavy atom. The highest BCUT2D eigenvalue weighted by Gasteiger charge is 2.33. The van der Waals surface area contributed by atoms with Crippen LogP contribution in [0.25, 0.3) is 10.8 Å². The fourth-order valence-electron chi connectivity index (χ4n) is 3.08. The van der Waals surface area contributed by atoms with E-state index in [4.69, 9.17) is 4.74 Å². The number of ether oxygens (including phenoxy) is 1. The van der Waals surface area contributed by atoms with Gasteiger partial charge in [-0.3, -0.25) is 0 Å². The van der Waals surface area contributed by atoms with Crippen LogP contribution in [0.4, 0.5) is 4.79 Å². The minimum Gasteiger partial charge on any atom is -0.444 e. The number of benzene rings is 3. The van der Waals surface area contributed by atoms with Gasteiger partial charge in [0.2, 0.25) is 9.84 Å². The first-order valence-corrected chi connectivity index (χ1v) is 10.9. The van der Waals surface area contributed by atoms with Crippen LogP contribution in [0.1, 0.15) is 37.3 Å². The van der Waals surface area contributed by atoms with Crippen LogP contribution in [-0.2, 0) is 14.6 Å². The van der Waals surface area contributed by atoms with Crippen LogP contribution >= 0.6 is 0 Å². The minimum atomic E-state index is -3.92. The van der Waals surface area contributed by atoms with E-state index in [9.17, 15) is 13.2 Å². The Hall–Kier alpha value is -2.86. The Bertz CT molecular complexity index is 1120. The van der Waals surface area contributed by atoms with Gasteiger partial charge in [-0.15, -0.1) is 0 Å². The van der Waals surface area contributed by atoms with Gasteiger partial charge >= 0.3 is 6.09 Å². The lowest BCUT2D eigenvalue weighted by Crippen LogP contribution is -2.38. The van der Waals surface area contributed by atoms with Gasteiger partial charge in [-0.2, -0.15) is 0 Å². The van der Waals surface area contributed by atoms with Crippen LogP contribution in [-0.4, -0.2) is 20.1 Å². The monoisotopic (exact) mass is 411 g/mol. The topological polar surface area (TPSA) is 72.5 Å². The fourth-order valence-corrected chi connectivity index (χ4v) is 4.66. The maximum atomic E-state index is 13.5. The second-order valence-electron chi connectivity index (χ2n) is 7.95. The van der Waals surface area contributed by atoms with E-state index in [-0.39, 0.29) is 4.90 Å². The van der Waals surface area contributed by atoms with Gasteiger partial charge in [-0.05, 0) is 56.2 Å². The molecule has 0 aliphatic heterocycles. The third-order valence-electron chi connectivity index (χ3n) is 4.41. The summed E-state index contributed by atoms with van der Waals surface area (Å²) >= 11 is 0. The van der Waals surface area contributed by atoms with Crippen molar-refractivity contribution in [2.75, 3.05) is 0 Å². The van der Waals surface area contributed by atoms with Crippen molar-refractivity contribution in [3.8, 4) is 0 Å². The smallest absolute Gasteiger partial charge is 0.408 e. The number of sulfone groups is 1. The van der Waals surface area contributed by atoms with Crippen molar-refractivity contribution in [2.24, 2.45) is 0 Å². The van der Waals surface area contributed by atoms with E-state index in [1.165, 1.54) is 0 Å². The molecule has 3 aromatic rings. The SMILES string of the molecule is Cc1ccc(S(=O)(=O)C(NC(=O)OC(C)(C)C)c2cccc3ccccc23)cc1. The molecule has 5 nitrogen and oxygen atoms in total. The summed E-state index contributed by atoms with van der Waals surface area (Å²) in [7, 11) is -3.92. The largest absolute Gasteiger partial charge is 0.444 e. The number of carbonyl (C=O) groups is 1. The summed E-state index contributed by atoms with van der Waals surface area (Å²) in [6.07, 6.45) is -0.786. The molecule has 0 heterocycles. The van der Waals surface area contributed by atoms with Gasteiger partial charge in [0.15, 0.2) is 5.37 Å². The fraction of sp³-hybridized carbons (Fsp3) is 0.261. The molecule has 0 saturated heterocycles. The molecule has 152 valence electrons. The molecule has 1 atom stereocenters. The summed E-state index contributed by atoms with van der Waals surface area (Å²) in [4.78, 5) is 12.6. The molecular formula is C23H25NO4S. The first kappa shape index (κ1) is 20.9. The summed E-state index contributed by atoms with van der Waals surface area (Å²) in [5, 5.41) is 2.95. The number of fused-ring (bicyclic) bond motifs is 1. The molecule has 0 bridgehead atoms. The third-order valence-corrected chi connectivity index (χ3v) is 6.34. The average Bonchev–Trinajstić information content (AvgIpc) is 2.64. The molecule has 0 aromatic heterocycles. The number of carbonyl (C=O) groups excluding carboxylic acids is 1. The van der Waals surface area contributed by atoms with Crippen LogP contribution in [0.15, 0.2) is 71.6 Å². The molecule has 29 heavy (non-hydrogen) atoms. The lowest BCUT2D eigenvalue weighted by molar-refractivity contribution is 0.0519. The van der Waals surface area contributed by atoms with Crippen LogP contribution in [0.2, 0.25) is 0 Å². The normalized spacial score (nSPS) is 13.1. The molecule has 1 N–H and O–H groups in total. The third kappa shape index (κ3) is 4.77. The minimum absolute atomic E-state index is 0.136. The average molecular weight is 412 g/mol. The number of nitrogens with one attached hydrogen (secondary N) is 1. The lowest BCUT2D eigenvalue weighted by atomic mass is 10.0. The molecule has 0 aliphatic rings. The van der Waals surface area contributed by atoms with Crippen molar-refractivity contribution in [3.63, 3.8) is 0 Å². The Morgan fingerprint density at radius 3 is 2.21 bits per heavy atom. The van der Waals surface area contributed by atoms with Crippen molar-refractivity contribution in [3.05, 3.63) is 77.9 Å². The predicted molar refractivity (Wildman–Crippen MR) is 114 cm³/mol. The van der Waals surface area contributed by atoms with Gasteiger partial charge in [-0.25, -0.2) is 13.2 Å². The maximum Gasteiger partial charge on any atom is 0.408 e. The molecular weight excluding hydrogens is 386 g/mol. The van der Waals surface area contributed by atoms with Crippen molar-refractivity contribution < 1.29 is 17.9 Å². The summed E-state index contributed by atoms with van der Waals surface area (Å²) < 4.78 is 32.4. The van der Waals surface area contributed by atoms with Crippen LogP contribution in [0.3, 0.4) is 0 Å². The Balaban J connectivity index is 2.13. The van der Waals surface area contributed by atoms with E-state index in [1.54, 1.807) is 57.2 Å². The molecule has 6 heteroatoms. The van der Waals surface area contributed by atoms with Gasteiger partial charge in [0.25, 0.3) is 0 Å². The van der Waals surface area contributed by atoms with E-state index in [0.29, 0.717) is 5.56 Å². The molecule has 0 aliphatic carbocycles. The summed E-state index contributed by atoms with van der Waals surface area (Å²) in [6, 6.07) is 19.5. The Kier molecular flexibility index (Phi) is 5.66. The summed E-state index contributed by atoms with van der Waals surface area (Å²) in [5.41, 5.74) is 0.696. The van der Waals surface area contributed by atoms with Crippen molar-refractivity contribution >= 4 is 26.7 Å².